The number of anilines is 1. The molecule has 1 heterocycles. The molecule has 9 heteroatoms. The largest absolute Gasteiger partial charge is 0.418 e. The molecule has 0 unspecified atom stereocenters. The van der Waals surface area contributed by atoms with Crippen LogP contribution >= 0.6 is 23.8 Å². The van der Waals surface area contributed by atoms with Crippen LogP contribution in [0, 0.1) is 6.92 Å². The highest BCUT2D eigenvalue weighted by Crippen LogP contribution is 2.34. The van der Waals surface area contributed by atoms with Crippen molar-refractivity contribution in [3.8, 4) is 0 Å². The molecule has 2 N–H and O–H groups in total. The van der Waals surface area contributed by atoms with Gasteiger partial charge >= 0.3 is 6.18 Å². The third-order valence-electron chi connectivity index (χ3n) is 3.36. The lowest BCUT2D eigenvalue weighted by atomic mass is 10.1. The van der Waals surface area contributed by atoms with E-state index in [0.717, 1.165) is 11.8 Å². The minimum Gasteiger partial charge on any atom is -0.362 e. The number of hydrogen-bond donors (Lipinski definition) is 2. The fourth-order valence-electron chi connectivity index (χ4n) is 2.09. The van der Waals surface area contributed by atoms with E-state index in [1.165, 1.54) is 18.2 Å². The molecular weight excluding hydrogens is 361 g/mol. The number of aryl methyl sites for hydroxylation is 1. The number of nitrogens with zero attached hydrogens (tertiary/aromatic N) is 2. The van der Waals surface area contributed by atoms with Gasteiger partial charge in [0.2, 0.25) is 0 Å². The first kappa shape index (κ1) is 18.5. The minimum atomic E-state index is -4.43. The van der Waals surface area contributed by atoms with Crippen LogP contribution < -0.4 is 10.6 Å². The monoisotopic (exact) mass is 376 g/mol. The Morgan fingerprint density at radius 1 is 1.33 bits per heavy atom. The lowest BCUT2D eigenvalue weighted by molar-refractivity contribution is -0.136. The van der Waals surface area contributed by atoms with Crippen molar-refractivity contribution in [2.24, 2.45) is 0 Å². The van der Waals surface area contributed by atoms with Crippen molar-refractivity contribution in [1.29, 1.82) is 0 Å². The molecule has 0 fully saturated rings. The van der Waals surface area contributed by atoms with Crippen LogP contribution in [-0.4, -0.2) is 21.4 Å². The molecular formula is C15H16ClF3N4S. The van der Waals surface area contributed by atoms with Gasteiger partial charge in [0, 0.05) is 13.1 Å². The molecule has 0 saturated heterocycles. The van der Waals surface area contributed by atoms with Crippen molar-refractivity contribution in [2.45, 2.75) is 26.1 Å². The van der Waals surface area contributed by atoms with Crippen molar-refractivity contribution in [3.05, 3.63) is 46.7 Å². The van der Waals surface area contributed by atoms with Gasteiger partial charge in [0.15, 0.2) is 5.11 Å². The normalized spacial score (nSPS) is 11.4. The quantitative estimate of drug-likeness (QED) is 0.605. The van der Waals surface area contributed by atoms with Crippen LogP contribution in [0.1, 0.15) is 17.7 Å². The van der Waals surface area contributed by atoms with E-state index in [9.17, 15) is 13.2 Å². The number of halogens is 4. The second kappa shape index (κ2) is 7.85. The maximum atomic E-state index is 12.9. The minimum absolute atomic E-state index is 0.0720. The molecule has 0 spiro atoms. The molecule has 2 rings (SSSR count). The van der Waals surface area contributed by atoms with Gasteiger partial charge in [-0.3, -0.25) is 4.68 Å². The summed E-state index contributed by atoms with van der Waals surface area (Å²) in [4.78, 5) is 0. The van der Waals surface area contributed by atoms with Crippen LogP contribution in [0.3, 0.4) is 0 Å². The molecule has 0 bridgehead atoms. The molecule has 0 amide bonds. The van der Waals surface area contributed by atoms with Crippen molar-refractivity contribution in [1.82, 2.24) is 15.1 Å². The molecule has 24 heavy (non-hydrogen) atoms. The number of nitrogens with one attached hydrogen (secondary N) is 2. The molecule has 4 nitrogen and oxygen atoms in total. The molecule has 1 aromatic carbocycles. The highest BCUT2D eigenvalue weighted by molar-refractivity contribution is 7.80. The van der Waals surface area contributed by atoms with Crippen LogP contribution in [-0.2, 0) is 12.7 Å². The van der Waals surface area contributed by atoms with Crippen LogP contribution in [0.15, 0.2) is 30.5 Å². The molecule has 0 aliphatic carbocycles. The third-order valence-corrected chi connectivity index (χ3v) is 3.97. The van der Waals surface area contributed by atoms with Gasteiger partial charge in [-0.1, -0.05) is 23.7 Å². The van der Waals surface area contributed by atoms with E-state index in [1.54, 1.807) is 10.9 Å². The Labute approximate surface area is 148 Å². The van der Waals surface area contributed by atoms with Crippen LogP contribution in [0.5, 0.6) is 0 Å². The Kier molecular flexibility index (Phi) is 6.06. The first-order valence-corrected chi connectivity index (χ1v) is 7.96. The lowest BCUT2D eigenvalue weighted by Gasteiger charge is -2.15. The van der Waals surface area contributed by atoms with Crippen LogP contribution in [0.2, 0.25) is 5.02 Å². The summed E-state index contributed by atoms with van der Waals surface area (Å²) in [5.74, 6) is 0. The molecule has 0 atom stereocenters. The number of alkyl halides is 3. The van der Waals surface area contributed by atoms with Crippen LogP contribution in [0.25, 0.3) is 0 Å². The molecule has 0 aliphatic heterocycles. The molecule has 0 aliphatic rings. The van der Waals surface area contributed by atoms with Gasteiger partial charge in [-0.25, -0.2) is 0 Å². The van der Waals surface area contributed by atoms with E-state index in [0.29, 0.717) is 24.5 Å². The van der Waals surface area contributed by atoms with Gasteiger partial charge in [0.25, 0.3) is 0 Å². The predicted octanol–water partition coefficient (Wildman–Crippen LogP) is 4.24. The third kappa shape index (κ3) is 4.85. The molecule has 0 radical (unpaired) electrons. The van der Waals surface area contributed by atoms with Gasteiger partial charge < -0.3 is 10.6 Å². The topological polar surface area (TPSA) is 41.9 Å². The summed E-state index contributed by atoms with van der Waals surface area (Å²) in [5, 5.41) is 10.3. The maximum Gasteiger partial charge on any atom is 0.418 e. The number of hydrogen-bond acceptors (Lipinski definition) is 2. The Bertz CT molecular complexity index is 715. The Hall–Kier alpha value is -1.80. The number of benzene rings is 1. The van der Waals surface area contributed by atoms with E-state index >= 15 is 0 Å². The van der Waals surface area contributed by atoms with E-state index in [2.05, 4.69) is 15.7 Å². The Balaban J connectivity index is 1.83. The fourth-order valence-corrected chi connectivity index (χ4v) is 2.44. The highest BCUT2D eigenvalue weighted by Gasteiger charge is 2.33. The Morgan fingerprint density at radius 2 is 2.04 bits per heavy atom. The number of para-hydroxylation sites is 1. The van der Waals surface area contributed by atoms with Crippen molar-refractivity contribution >= 4 is 34.6 Å². The summed E-state index contributed by atoms with van der Waals surface area (Å²) < 4.78 is 40.5. The summed E-state index contributed by atoms with van der Waals surface area (Å²) in [5.41, 5.74) is 0.0460. The average Bonchev–Trinajstić information content (AvgIpc) is 2.83. The summed E-state index contributed by atoms with van der Waals surface area (Å²) in [6.07, 6.45) is -2.16. The number of thiocarbonyl (C=S) groups is 1. The fraction of sp³-hybridized carbons (Fsp3) is 0.333. The van der Waals surface area contributed by atoms with E-state index in [4.69, 9.17) is 23.8 Å². The van der Waals surface area contributed by atoms with Crippen molar-refractivity contribution < 1.29 is 13.2 Å². The zero-order valence-corrected chi connectivity index (χ0v) is 14.4. The molecule has 2 aromatic rings. The van der Waals surface area contributed by atoms with Crippen molar-refractivity contribution in [2.75, 3.05) is 11.9 Å². The zero-order chi connectivity index (χ0) is 17.7. The highest BCUT2D eigenvalue weighted by atomic mass is 35.5. The predicted molar refractivity (Wildman–Crippen MR) is 92.3 cm³/mol. The number of rotatable bonds is 5. The summed E-state index contributed by atoms with van der Waals surface area (Å²) in [6, 6.07) is 5.20. The van der Waals surface area contributed by atoms with E-state index in [1.807, 2.05) is 6.92 Å². The summed E-state index contributed by atoms with van der Waals surface area (Å²) >= 11 is 11.0. The summed E-state index contributed by atoms with van der Waals surface area (Å²) in [6.45, 7) is 2.99. The SMILES string of the molecule is Cc1c(Cl)cnn1CCCNC(=S)Nc1ccccc1C(F)(F)F. The van der Waals surface area contributed by atoms with Crippen LogP contribution in [0.4, 0.5) is 18.9 Å². The molecule has 0 saturated carbocycles. The molecule has 130 valence electrons. The Morgan fingerprint density at radius 3 is 2.67 bits per heavy atom. The average molecular weight is 377 g/mol. The van der Waals surface area contributed by atoms with Gasteiger partial charge in [0.05, 0.1) is 28.2 Å². The van der Waals surface area contributed by atoms with Gasteiger partial charge in [0.1, 0.15) is 0 Å². The number of aromatic nitrogens is 2. The molecule has 1 aromatic heterocycles. The van der Waals surface area contributed by atoms with Gasteiger partial charge in [-0.05, 0) is 37.7 Å². The summed E-state index contributed by atoms with van der Waals surface area (Å²) in [7, 11) is 0. The second-order valence-corrected chi connectivity index (χ2v) is 5.89. The van der Waals surface area contributed by atoms with Gasteiger partial charge in [-0.2, -0.15) is 18.3 Å². The second-order valence-electron chi connectivity index (χ2n) is 5.08. The van der Waals surface area contributed by atoms with E-state index in [-0.39, 0.29) is 10.8 Å². The lowest BCUT2D eigenvalue weighted by Crippen LogP contribution is -2.30. The first-order chi connectivity index (χ1) is 11.3. The van der Waals surface area contributed by atoms with Gasteiger partial charge in [-0.15, -0.1) is 0 Å². The standard InChI is InChI=1S/C15H16ClF3N4S/c1-10-12(16)9-21-23(10)8-4-7-20-14(24)22-13-6-3-2-5-11(13)15(17,18)19/h2-3,5-6,9H,4,7-8H2,1H3,(H2,20,22,24). The van der Waals surface area contributed by atoms with Crippen molar-refractivity contribution in [3.63, 3.8) is 0 Å². The first-order valence-electron chi connectivity index (χ1n) is 7.18. The maximum absolute atomic E-state index is 12.9. The zero-order valence-electron chi connectivity index (χ0n) is 12.8. The smallest absolute Gasteiger partial charge is 0.362 e. The van der Waals surface area contributed by atoms with E-state index < -0.39 is 11.7 Å².